The summed E-state index contributed by atoms with van der Waals surface area (Å²) in [5.41, 5.74) is 3.90. The molecule has 2 aromatic rings. The van der Waals surface area contributed by atoms with E-state index < -0.39 is 0 Å². The first kappa shape index (κ1) is 12.6. The molecule has 1 heteroatoms. The van der Waals surface area contributed by atoms with Crippen molar-refractivity contribution in [3.8, 4) is 0 Å². The molecule has 0 amide bonds. The maximum atomic E-state index is 3.41. The summed E-state index contributed by atoms with van der Waals surface area (Å²) in [6.07, 6.45) is 4.30. The molecule has 0 saturated heterocycles. The fourth-order valence-corrected chi connectivity index (χ4v) is 1.88. The van der Waals surface area contributed by atoms with Gasteiger partial charge in [0.25, 0.3) is 0 Å². The number of benzene rings is 2. The van der Waals surface area contributed by atoms with Gasteiger partial charge in [0.1, 0.15) is 0 Å². The van der Waals surface area contributed by atoms with Crippen molar-refractivity contribution in [2.45, 2.75) is 13.5 Å². The molecular weight excluding hydrogens is 218 g/mol. The van der Waals surface area contributed by atoms with Gasteiger partial charge in [0, 0.05) is 13.1 Å². The quantitative estimate of drug-likeness (QED) is 0.780. The first-order valence-electron chi connectivity index (χ1n) is 6.32. The maximum absolute atomic E-state index is 3.41. The highest BCUT2D eigenvalue weighted by Gasteiger charge is 1.91. The van der Waals surface area contributed by atoms with Crippen molar-refractivity contribution in [3.05, 3.63) is 77.4 Å². The molecule has 0 spiro atoms. The van der Waals surface area contributed by atoms with E-state index in [1.165, 1.54) is 16.7 Å². The smallest absolute Gasteiger partial charge is 0.0208 e. The van der Waals surface area contributed by atoms with Crippen LogP contribution in [0.25, 0.3) is 6.08 Å². The molecule has 1 nitrogen and oxygen atoms in total. The highest BCUT2D eigenvalue weighted by atomic mass is 14.8. The Morgan fingerprint density at radius 1 is 1.00 bits per heavy atom. The van der Waals surface area contributed by atoms with Crippen molar-refractivity contribution >= 4 is 6.08 Å². The lowest BCUT2D eigenvalue weighted by molar-refractivity contribution is 0.760. The second-order valence-corrected chi connectivity index (χ2v) is 4.43. The number of aryl methyl sites for hydroxylation is 1. The maximum Gasteiger partial charge on any atom is 0.0208 e. The average Bonchev–Trinajstić information content (AvgIpc) is 2.40. The van der Waals surface area contributed by atoms with Gasteiger partial charge in [-0.3, -0.25) is 0 Å². The molecule has 0 aliphatic carbocycles. The summed E-state index contributed by atoms with van der Waals surface area (Å²) < 4.78 is 0. The summed E-state index contributed by atoms with van der Waals surface area (Å²) in [4.78, 5) is 0. The monoisotopic (exact) mass is 237 g/mol. The van der Waals surface area contributed by atoms with Crippen LogP contribution in [0.3, 0.4) is 0 Å². The third kappa shape index (κ3) is 4.19. The van der Waals surface area contributed by atoms with Crippen molar-refractivity contribution in [2.24, 2.45) is 0 Å². The predicted octanol–water partition coefficient (Wildman–Crippen LogP) is 3.80. The molecule has 92 valence electrons. The highest BCUT2D eigenvalue weighted by Crippen LogP contribution is 2.03. The summed E-state index contributed by atoms with van der Waals surface area (Å²) in [7, 11) is 0. The van der Waals surface area contributed by atoms with E-state index in [1.807, 2.05) is 6.07 Å². The van der Waals surface area contributed by atoms with E-state index in [-0.39, 0.29) is 0 Å². The lowest BCUT2D eigenvalue weighted by Gasteiger charge is -2.03. The van der Waals surface area contributed by atoms with Gasteiger partial charge in [-0.05, 0) is 18.1 Å². The first-order valence-corrected chi connectivity index (χ1v) is 6.32. The summed E-state index contributed by atoms with van der Waals surface area (Å²) in [6, 6.07) is 19.0. The van der Waals surface area contributed by atoms with Crippen LogP contribution in [-0.4, -0.2) is 6.54 Å². The highest BCUT2D eigenvalue weighted by molar-refractivity contribution is 5.48. The zero-order valence-corrected chi connectivity index (χ0v) is 10.8. The Balaban J connectivity index is 1.75. The van der Waals surface area contributed by atoms with Crippen molar-refractivity contribution in [1.82, 2.24) is 5.32 Å². The Labute approximate surface area is 109 Å². The van der Waals surface area contributed by atoms with Crippen molar-refractivity contribution in [3.63, 3.8) is 0 Å². The van der Waals surface area contributed by atoms with E-state index in [0.717, 1.165) is 13.1 Å². The standard InChI is InChI=1S/C17H19N/c1-15-7-5-10-17(13-15)14-18-12-6-11-16-8-3-2-4-9-16/h2-11,13,18H,12,14H2,1H3. The molecule has 1 N–H and O–H groups in total. The third-order valence-electron chi connectivity index (χ3n) is 2.78. The van der Waals surface area contributed by atoms with E-state index in [1.54, 1.807) is 0 Å². The fraction of sp³-hybridized carbons (Fsp3) is 0.176. The lowest BCUT2D eigenvalue weighted by atomic mass is 10.1. The number of hydrogen-bond donors (Lipinski definition) is 1. The van der Waals surface area contributed by atoms with E-state index in [9.17, 15) is 0 Å². The molecule has 0 aliphatic rings. The Morgan fingerprint density at radius 3 is 2.61 bits per heavy atom. The molecule has 0 saturated carbocycles. The van der Waals surface area contributed by atoms with Gasteiger partial charge in [-0.2, -0.15) is 0 Å². The fourth-order valence-electron chi connectivity index (χ4n) is 1.88. The Kier molecular flexibility index (Phi) is 4.74. The Hall–Kier alpha value is -1.86. The first-order chi connectivity index (χ1) is 8.84. The van der Waals surface area contributed by atoms with Gasteiger partial charge in [-0.25, -0.2) is 0 Å². The van der Waals surface area contributed by atoms with Crippen LogP contribution in [0.4, 0.5) is 0 Å². The molecule has 2 aromatic carbocycles. The van der Waals surface area contributed by atoms with Crippen LogP contribution < -0.4 is 5.32 Å². The molecule has 2 rings (SSSR count). The van der Waals surface area contributed by atoms with Gasteiger partial charge in [0.15, 0.2) is 0 Å². The molecule has 0 bridgehead atoms. The van der Waals surface area contributed by atoms with Gasteiger partial charge in [-0.15, -0.1) is 0 Å². The SMILES string of the molecule is Cc1cccc(CNCC=Cc2ccccc2)c1. The van der Waals surface area contributed by atoms with E-state index in [2.05, 4.69) is 72.9 Å². The Morgan fingerprint density at radius 2 is 1.83 bits per heavy atom. The molecule has 0 heterocycles. The van der Waals surface area contributed by atoms with Crippen molar-refractivity contribution in [1.29, 1.82) is 0 Å². The van der Waals surface area contributed by atoms with E-state index in [4.69, 9.17) is 0 Å². The van der Waals surface area contributed by atoms with E-state index >= 15 is 0 Å². The molecular formula is C17H19N. The van der Waals surface area contributed by atoms with Crippen molar-refractivity contribution in [2.75, 3.05) is 6.54 Å². The zero-order valence-electron chi connectivity index (χ0n) is 10.8. The molecule has 0 unspecified atom stereocenters. The average molecular weight is 237 g/mol. The minimum Gasteiger partial charge on any atom is -0.309 e. The van der Waals surface area contributed by atoms with Gasteiger partial charge >= 0.3 is 0 Å². The van der Waals surface area contributed by atoms with Crippen molar-refractivity contribution < 1.29 is 0 Å². The van der Waals surface area contributed by atoms with Gasteiger partial charge in [0.2, 0.25) is 0 Å². The van der Waals surface area contributed by atoms with Crippen LogP contribution in [0.5, 0.6) is 0 Å². The minimum absolute atomic E-state index is 0.892. The second kappa shape index (κ2) is 6.77. The normalized spacial score (nSPS) is 10.9. The molecule has 0 aliphatic heterocycles. The second-order valence-electron chi connectivity index (χ2n) is 4.43. The molecule has 0 aromatic heterocycles. The molecule has 18 heavy (non-hydrogen) atoms. The molecule has 0 fully saturated rings. The Bertz CT molecular complexity index is 500. The minimum atomic E-state index is 0.892. The van der Waals surface area contributed by atoms with Crippen LogP contribution >= 0.6 is 0 Å². The zero-order chi connectivity index (χ0) is 12.6. The summed E-state index contributed by atoms with van der Waals surface area (Å²) in [5, 5.41) is 3.41. The summed E-state index contributed by atoms with van der Waals surface area (Å²) in [6.45, 7) is 3.93. The molecule has 0 atom stereocenters. The van der Waals surface area contributed by atoms with Crippen LogP contribution in [-0.2, 0) is 6.54 Å². The third-order valence-corrected chi connectivity index (χ3v) is 2.78. The largest absolute Gasteiger partial charge is 0.309 e. The lowest BCUT2D eigenvalue weighted by Crippen LogP contribution is -2.12. The van der Waals surface area contributed by atoms with Gasteiger partial charge in [-0.1, -0.05) is 72.3 Å². The predicted molar refractivity (Wildman–Crippen MR) is 78.4 cm³/mol. The van der Waals surface area contributed by atoms with Crippen LogP contribution in [0.1, 0.15) is 16.7 Å². The number of rotatable bonds is 5. The van der Waals surface area contributed by atoms with E-state index in [0.29, 0.717) is 0 Å². The summed E-state index contributed by atoms with van der Waals surface area (Å²) in [5.74, 6) is 0. The van der Waals surface area contributed by atoms with Crippen LogP contribution in [0.15, 0.2) is 60.7 Å². The topological polar surface area (TPSA) is 12.0 Å². The van der Waals surface area contributed by atoms with Gasteiger partial charge < -0.3 is 5.32 Å². The van der Waals surface area contributed by atoms with Gasteiger partial charge in [0.05, 0.1) is 0 Å². The number of hydrogen-bond acceptors (Lipinski definition) is 1. The number of nitrogens with one attached hydrogen (secondary N) is 1. The van der Waals surface area contributed by atoms with Crippen LogP contribution in [0, 0.1) is 6.92 Å². The molecule has 0 radical (unpaired) electrons. The van der Waals surface area contributed by atoms with Crippen LogP contribution in [0.2, 0.25) is 0 Å². The summed E-state index contributed by atoms with van der Waals surface area (Å²) >= 11 is 0.